The molecule has 1 unspecified atom stereocenters. The van der Waals surface area contributed by atoms with Crippen LogP contribution in [0, 0.1) is 13.8 Å². The van der Waals surface area contributed by atoms with E-state index in [1.807, 2.05) is 73.7 Å². The minimum Gasteiger partial charge on any atom is -0.456 e. The van der Waals surface area contributed by atoms with E-state index in [4.69, 9.17) is 9.47 Å². The van der Waals surface area contributed by atoms with Gasteiger partial charge in [-0.3, -0.25) is 0 Å². The zero-order chi connectivity index (χ0) is 28.1. The number of fused-ring (bicyclic) bond motifs is 6. The summed E-state index contributed by atoms with van der Waals surface area (Å²) in [4.78, 5) is 15.6. The number of aryl methyl sites for hydroxylation is 2. The smallest absolute Gasteiger partial charge is 0.340 e. The lowest BCUT2D eigenvalue weighted by molar-refractivity contribution is 0.0224. The van der Waals surface area contributed by atoms with Gasteiger partial charge in [-0.25, -0.2) is 4.79 Å². The molecule has 5 heteroatoms. The Labute approximate surface area is 240 Å². The molecule has 1 spiro atoms. The molecule has 5 aromatic rings. The highest BCUT2D eigenvalue weighted by atomic mass is 16.6. The number of carbonyl (C=O) groups is 1. The Bertz CT molecular complexity index is 1800. The van der Waals surface area contributed by atoms with Gasteiger partial charge >= 0.3 is 5.97 Å². The number of para-hydroxylation sites is 1. The number of benzene rings is 5. The maximum atomic E-state index is 13.4. The van der Waals surface area contributed by atoms with Crippen molar-refractivity contribution < 1.29 is 14.3 Å². The van der Waals surface area contributed by atoms with Crippen molar-refractivity contribution in [3.63, 3.8) is 0 Å². The monoisotopic (exact) mass is 538 g/mol. The highest BCUT2D eigenvalue weighted by Crippen LogP contribution is 2.58. The Hall–Kier alpha value is -5.03. The fraction of sp³-hybridized carbons (Fsp3) is 0.139. The Balaban J connectivity index is 1.42. The second-order valence-electron chi connectivity index (χ2n) is 10.6. The quantitative estimate of drug-likeness (QED) is 0.227. The molecule has 202 valence electrons. The first-order valence-electron chi connectivity index (χ1n) is 13.9. The van der Waals surface area contributed by atoms with Gasteiger partial charge in [0.15, 0.2) is 5.60 Å². The minimum atomic E-state index is -1.13. The van der Waals surface area contributed by atoms with Crippen LogP contribution in [-0.2, 0) is 10.3 Å². The highest BCUT2D eigenvalue weighted by molar-refractivity contribution is 5.97. The molecule has 0 radical (unpaired) electrons. The first kappa shape index (κ1) is 25.0. The number of anilines is 4. The molecule has 5 aromatic carbocycles. The van der Waals surface area contributed by atoms with Crippen LogP contribution >= 0.6 is 0 Å². The van der Waals surface area contributed by atoms with E-state index in [0.717, 1.165) is 51.5 Å². The summed E-state index contributed by atoms with van der Waals surface area (Å²) in [6, 6.07) is 36.5. The molecule has 0 aromatic heterocycles. The summed E-state index contributed by atoms with van der Waals surface area (Å²) in [6.07, 6.45) is 0. The highest BCUT2D eigenvalue weighted by Gasteiger charge is 2.54. The first-order chi connectivity index (χ1) is 20.0. The molecule has 2 aliphatic rings. The molecule has 2 heterocycles. The van der Waals surface area contributed by atoms with Crippen LogP contribution in [0.5, 0.6) is 11.5 Å². The van der Waals surface area contributed by atoms with Crippen LogP contribution in [-0.4, -0.2) is 12.5 Å². The predicted molar refractivity (Wildman–Crippen MR) is 163 cm³/mol. The molecular formula is C36H30N2O3. The summed E-state index contributed by atoms with van der Waals surface area (Å²) in [5, 5.41) is 3.51. The van der Waals surface area contributed by atoms with E-state index in [2.05, 4.69) is 66.5 Å². The van der Waals surface area contributed by atoms with E-state index in [1.54, 1.807) is 0 Å². The zero-order valence-corrected chi connectivity index (χ0v) is 23.3. The van der Waals surface area contributed by atoms with E-state index < -0.39 is 5.60 Å². The summed E-state index contributed by atoms with van der Waals surface area (Å²) >= 11 is 0. The van der Waals surface area contributed by atoms with Crippen molar-refractivity contribution in [2.75, 3.05) is 16.8 Å². The molecule has 0 amide bonds. The predicted octanol–water partition coefficient (Wildman–Crippen LogP) is 8.77. The lowest BCUT2D eigenvalue weighted by atomic mass is 9.77. The maximum absolute atomic E-state index is 13.4. The number of hydrogen-bond acceptors (Lipinski definition) is 5. The number of rotatable bonds is 5. The third-order valence-electron chi connectivity index (χ3n) is 8.02. The number of carbonyl (C=O) groups excluding carboxylic acids is 1. The Morgan fingerprint density at radius 3 is 2.24 bits per heavy atom. The van der Waals surface area contributed by atoms with Gasteiger partial charge in [0, 0.05) is 52.1 Å². The van der Waals surface area contributed by atoms with Gasteiger partial charge in [0.25, 0.3) is 0 Å². The summed E-state index contributed by atoms with van der Waals surface area (Å²) in [5.74, 6) is 1.05. The van der Waals surface area contributed by atoms with Crippen LogP contribution < -0.4 is 15.0 Å². The molecule has 1 N–H and O–H groups in total. The van der Waals surface area contributed by atoms with Crippen molar-refractivity contribution in [2.24, 2.45) is 0 Å². The molecule has 0 saturated heterocycles. The molecule has 41 heavy (non-hydrogen) atoms. The largest absolute Gasteiger partial charge is 0.456 e. The molecule has 0 bridgehead atoms. The third-order valence-corrected chi connectivity index (χ3v) is 8.02. The zero-order valence-electron chi connectivity index (χ0n) is 23.3. The number of nitrogens with one attached hydrogen (secondary N) is 1. The van der Waals surface area contributed by atoms with Crippen LogP contribution in [0.4, 0.5) is 22.7 Å². The Kier molecular flexibility index (Phi) is 5.82. The number of nitrogens with zero attached hydrogens (tertiary/aromatic N) is 1. The van der Waals surface area contributed by atoms with Crippen LogP contribution in [0.15, 0.2) is 109 Å². The summed E-state index contributed by atoms with van der Waals surface area (Å²) in [5.41, 5.74) is 8.03. The maximum Gasteiger partial charge on any atom is 0.340 e. The van der Waals surface area contributed by atoms with Crippen molar-refractivity contribution in [3.8, 4) is 11.5 Å². The van der Waals surface area contributed by atoms with Gasteiger partial charge < -0.3 is 19.7 Å². The standard InChI is InChI=1S/C36H30N2O3/c1-4-38(27-16-14-23(2)15-17-27)28-18-19-31-33(22-28)40-34-24(3)20-26(37-25-10-6-5-7-11-25)21-32(34)36(31)30-13-9-8-12-29(30)35(39)41-36/h5-22,37H,4H2,1-3H3. The molecule has 1 atom stereocenters. The number of esters is 1. The van der Waals surface area contributed by atoms with Crippen molar-refractivity contribution in [1.82, 2.24) is 0 Å². The lowest BCUT2D eigenvalue weighted by Gasteiger charge is -2.38. The van der Waals surface area contributed by atoms with Gasteiger partial charge in [0.05, 0.1) is 5.56 Å². The van der Waals surface area contributed by atoms with E-state index in [0.29, 0.717) is 17.1 Å². The van der Waals surface area contributed by atoms with Gasteiger partial charge in [-0.1, -0.05) is 54.1 Å². The first-order valence-corrected chi connectivity index (χ1v) is 13.9. The fourth-order valence-electron chi connectivity index (χ4n) is 6.10. The fourth-order valence-corrected chi connectivity index (χ4v) is 6.10. The van der Waals surface area contributed by atoms with Crippen molar-refractivity contribution in [1.29, 1.82) is 0 Å². The minimum absolute atomic E-state index is 0.336. The molecule has 0 fully saturated rings. The summed E-state index contributed by atoms with van der Waals surface area (Å²) in [6.45, 7) is 7.05. The molecule has 5 nitrogen and oxygen atoms in total. The van der Waals surface area contributed by atoms with E-state index in [1.165, 1.54) is 5.56 Å². The topological polar surface area (TPSA) is 50.8 Å². The Morgan fingerprint density at radius 2 is 1.46 bits per heavy atom. The van der Waals surface area contributed by atoms with Gasteiger partial charge in [-0.05, 0) is 80.9 Å². The van der Waals surface area contributed by atoms with Crippen molar-refractivity contribution in [2.45, 2.75) is 26.4 Å². The van der Waals surface area contributed by atoms with Gasteiger partial charge in [-0.15, -0.1) is 0 Å². The average molecular weight is 539 g/mol. The second-order valence-corrected chi connectivity index (χ2v) is 10.6. The lowest BCUT2D eigenvalue weighted by Crippen LogP contribution is -2.33. The average Bonchev–Trinajstić information content (AvgIpc) is 3.28. The van der Waals surface area contributed by atoms with E-state index in [9.17, 15) is 4.79 Å². The summed E-state index contributed by atoms with van der Waals surface area (Å²) < 4.78 is 13.1. The SMILES string of the molecule is CCN(c1ccc(C)cc1)c1ccc2c(c1)Oc1c(C)cc(Nc3ccccc3)cc1C21OC(=O)c2ccccc21. The van der Waals surface area contributed by atoms with E-state index >= 15 is 0 Å². The number of ether oxygens (including phenoxy) is 2. The van der Waals surface area contributed by atoms with Crippen LogP contribution in [0.1, 0.15) is 45.1 Å². The Morgan fingerprint density at radius 1 is 0.732 bits per heavy atom. The van der Waals surface area contributed by atoms with Crippen molar-refractivity contribution in [3.05, 3.63) is 143 Å². The van der Waals surface area contributed by atoms with Gasteiger partial charge in [0.1, 0.15) is 11.5 Å². The molecule has 7 rings (SSSR count). The van der Waals surface area contributed by atoms with E-state index in [-0.39, 0.29) is 5.97 Å². The molecule has 2 aliphatic heterocycles. The molecule has 0 saturated carbocycles. The normalized spacial score (nSPS) is 16.3. The second kappa shape index (κ2) is 9.56. The van der Waals surface area contributed by atoms with Crippen molar-refractivity contribution >= 4 is 28.7 Å². The van der Waals surface area contributed by atoms with Crippen LogP contribution in [0.2, 0.25) is 0 Å². The van der Waals surface area contributed by atoms with Gasteiger partial charge in [0.2, 0.25) is 0 Å². The summed E-state index contributed by atoms with van der Waals surface area (Å²) in [7, 11) is 0. The van der Waals surface area contributed by atoms with Crippen LogP contribution in [0.25, 0.3) is 0 Å². The third kappa shape index (κ3) is 3.96. The number of hydrogen-bond donors (Lipinski definition) is 1. The molecule has 0 aliphatic carbocycles. The van der Waals surface area contributed by atoms with Crippen LogP contribution in [0.3, 0.4) is 0 Å². The molecular weight excluding hydrogens is 508 g/mol. The van der Waals surface area contributed by atoms with Gasteiger partial charge in [-0.2, -0.15) is 0 Å².